The molecule has 3 aromatic carbocycles. The smallest absolute Gasteiger partial charge is 0.251 e. The third-order valence-corrected chi connectivity index (χ3v) is 6.39. The number of hydrogen-bond donors (Lipinski definition) is 2. The molecule has 0 fully saturated rings. The average Bonchev–Trinajstić information content (AvgIpc) is 3.31. The highest BCUT2D eigenvalue weighted by molar-refractivity contribution is 6.31. The van der Waals surface area contributed by atoms with Crippen molar-refractivity contribution in [2.75, 3.05) is 0 Å². The highest BCUT2D eigenvalue weighted by Crippen LogP contribution is 2.21. The highest BCUT2D eigenvalue weighted by atomic mass is 35.5. The lowest BCUT2D eigenvalue weighted by Crippen LogP contribution is -2.23. The Morgan fingerprint density at radius 1 is 1.03 bits per heavy atom. The van der Waals surface area contributed by atoms with Crippen LogP contribution >= 0.6 is 11.6 Å². The lowest BCUT2D eigenvalue weighted by molar-refractivity contribution is 0.0950. The quantitative estimate of drug-likeness (QED) is 0.329. The van der Waals surface area contributed by atoms with Crippen molar-refractivity contribution in [3.63, 3.8) is 0 Å². The number of nitriles is 1. The molecule has 2 N–H and O–H groups in total. The van der Waals surface area contributed by atoms with E-state index in [4.69, 9.17) is 11.6 Å². The fourth-order valence-electron chi connectivity index (χ4n) is 4.25. The van der Waals surface area contributed by atoms with Gasteiger partial charge in [-0.05, 0) is 65.6 Å². The second-order valence-electron chi connectivity index (χ2n) is 8.69. The molecule has 182 valence electrons. The third-order valence-electron chi connectivity index (χ3n) is 6.15. The second-order valence-corrected chi connectivity index (χ2v) is 9.13. The zero-order valence-electron chi connectivity index (χ0n) is 19.7. The number of benzene rings is 3. The molecule has 5 aromatic rings. The summed E-state index contributed by atoms with van der Waals surface area (Å²) in [6, 6.07) is 25.7. The zero-order chi connectivity index (χ0) is 25.8. The van der Waals surface area contributed by atoms with Crippen molar-refractivity contribution < 1.29 is 4.79 Å². The largest absolute Gasteiger partial charge is 0.346 e. The Balaban J connectivity index is 1.29. The molecule has 0 saturated heterocycles. The van der Waals surface area contributed by atoms with Crippen LogP contribution in [0.15, 0.2) is 89.9 Å². The molecule has 1 amide bonds. The third kappa shape index (κ3) is 5.45. The molecule has 0 unspecified atom stereocenters. The zero-order valence-corrected chi connectivity index (χ0v) is 20.5. The molecule has 0 radical (unpaired) electrons. The van der Waals surface area contributed by atoms with Gasteiger partial charge in [-0.1, -0.05) is 41.9 Å². The number of aromatic nitrogens is 3. The van der Waals surface area contributed by atoms with Crippen LogP contribution in [0.3, 0.4) is 0 Å². The lowest BCUT2D eigenvalue weighted by Gasteiger charge is -2.10. The minimum Gasteiger partial charge on any atom is -0.346 e. The van der Waals surface area contributed by atoms with Gasteiger partial charge in [0.1, 0.15) is 0 Å². The molecule has 5 rings (SSSR count). The van der Waals surface area contributed by atoms with Gasteiger partial charge in [-0.15, -0.1) is 0 Å². The van der Waals surface area contributed by atoms with Crippen LogP contribution < -0.4 is 10.9 Å². The summed E-state index contributed by atoms with van der Waals surface area (Å²) in [5.74, 6) is -0.218. The number of amides is 1. The normalized spacial score (nSPS) is 10.8. The summed E-state index contributed by atoms with van der Waals surface area (Å²) >= 11 is 6.10. The minimum absolute atomic E-state index is 0.0931. The number of nitrogens with zero attached hydrogens (tertiary/aromatic N) is 3. The molecule has 2 heterocycles. The fraction of sp³-hybridized carbons (Fsp3) is 0.103. The van der Waals surface area contributed by atoms with E-state index >= 15 is 0 Å². The van der Waals surface area contributed by atoms with E-state index in [-0.39, 0.29) is 18.0 Å². The average molecular weight is 508 g/mol. The number of aromatic amines is 1. The summed E-state index contributed by atoms with van der Waals surface area (Å²) in [6.45, 7) is 0.649. The summed E-state index contributed by atoms with van der Waals surface area (Å²) in [7, 11) is 0. The number of carbonyl (C=O) groups excluding carboxylic acids is 1. The summed E-state index contributed by atoms with van der Waals surface area (Å²) in [5, 5.41) is 21.4. The molecule has 0 aliphatic carbocycles. The van der Waals surface area contributed by atoms with Gasteiger partial charge < -0.3 is 9.88 Å². The number of rotatable bonds is 7. The molecule has 0 bridgehead atoms. The molecule has 0 aliphatic heterocycles. The Hall–Kier alpha value is -4.67. The van der Waals surface area contributed by atoms with Crippen molar-refractivity contribution in [3.05, 3.63) is 134 Å². The summed E-state index contributed by atoms with van der Waals surface area (Å²) < 4.78 is 1.60. The van der Waals surface area contributed by atoms with Crippen molar-refractivity contribution >= 4 is 28.4 Å². The molecule has 37 heavy (non-hydrogen) atoms. The van der Waals surface area contributed by atoms with Crippen LogP contribution in [0.25, 0.3) is 10.9 Å². The second kappa shape index (κ2) is 10.5. The lowest BCUT2D eigenvalue weighted by atomic mass is 9.97. The van der Waals surface area contributed by atoms with Crippen molar-refractivity contribution in [2.24, 2.45) is 0 Å². The van der Waals surface area contributed by atoms with Gasteiger partial charge in [-0.2, -0.15) is 10.4 Å². The predicted octanol–water partition coefficient (Wildman–Crippen LogP) is 4.82. The van der Waals surface area contributed by atoms with E-state index < -0.39 is 0 Å². The standard InChI is InChI=1S/C29H22ClN5O2/c30-24-9-10-26-25(15-24)27(34-33-26)17-32-29(37)22-5-3-4-19(13-22)12-21-8-7-20(14-23(21)16-31)18-35-11-2-1-6-28(35)36/h1-11,13-15H,12,17-18H2,(H,32,37)(H,33,34). The van der Waals surface area contributed by atoms with Gasteiger partial charge in [0.2, 0.25) is 0 Å². The number of halogens is 1. The maximum Gasteiger partial charge on any atom is 0.251 e. The molecule has 0 spiro atoms. The van der Waals surface area contributed by atoms with E-state index in [1.165, 1.54) is 6.07 Å². The number of carbonyl (C=O) groups is 1. The first kappa shape index (κ1) is 24.0. The molecular weight excluding hydrogens is 486 g/mol. The van der Waals surface area contributed by atoms with Crippen molar-refractivity contribution in [2.45, 2.75) is 19.5 Å². The van der Waals surface area contributed by atoms with E-state index in [0.717, 1.165) is 27.6 Å². The van der Waals surface area contributed by atoms with Crippen LogP contribution in [0.5, 0.6) is 0 Å². The molecule has 8 heteroatoms. The molecule has 2 aromatic heterocycles. The van der Waals surface area contributed by atoms with Crippen molar-refractivity contribution in [1.29, 1.82) is 5.26 Å². The number of nitrogens with one attached hydrogen (secondary N) is 2. The first-order valence-electron chi connectivity index (χ1n) is 11.7. The van der Waals surface area contributed by atoms with E-state index in [2.05, 4.69) is 21.6 Å². The summed E-state index contributed by atoms with van der Waals surface area (Å²) in [5.41, 5.74) is 5.16. The molecule has 0 aliphatic rings. The highest BCUT2D eigenvalue weighted by Gasteiger charge is 2.12. The Bertz CT molecular complexity index is 1710. The summed E-state index contributed by atoms with van der Waals surface area (Å²) in [6.07, 6.45) is 2.22. The van der Waals surface area contributed by atoms with E-state index in [1.807, 2.05) is 48.5 Å². The number of H-pyrrole nitrogens is 1. The number of hydrogen-bond acceptors (Lipinski definition) is 4. The Labute approximate surface area is 218 Å². The first-order chi connectivity index (χ1) is 18.0. The SMILES string of the molecule is N#Cc1cc(Cn2ccccc2=O)ccc1Cc1cccc(C(=O)NCc2n[nH]c3ccc(Cl)cc23)c1. The number of pyridine rings is 1. The molecule has 7 nitrogen and oxygen atoms in total. The van der Waals surface area contributed by atoms with Gasteiger partial charge in [-0.3, -0.25) is 14.7 Å². The number of fused-ring (bicyclic) bond motifs is 1. The maximum atomic E-state index is 12.9. The Kier molecular flexibility index (Phi) is 6.84. The van der Waals surface area contributed by atoms with E-state index in [1.54, 1.807) is 35.0 Å². The van der Waals surface area contributed by atoms with Gasteiger partial charge in [0.15, 0.2) is 0 Å². The summed E-state index contributed by atoms with van der Waals surface area (Å²) in [4.78, 5) is 24.9. The maximum absolute atomic E-state index is 12.9. The van der Waals surface area contributed by atoms with Crippen LogP contribution in [0, 0.1) is 11.3 Å². The Morgan fingerprint density at radius 2 is 1.92 bits per heavy atom. The van der Waals surface area contributed by atoms with E-state index in [0.29, 0.717) is 34.8 Å². The van der Waals surface area contributed by atoms with Gasteiger partial charge >= 0.3 is 0 Å². The predicted molar refractivity (Wildman–Crippen MR) is 142 cm³/mol. The first-order valence-corrected chi connectivity index (χ1v) is 12.0. The minimum atomic E-state index is -0.218. The van der Waals surface area contributed by atoms with Gasteiger partial charge in [0.05, 0.1) is 35.9 Å². The van der Waals surface area contributed by atoms with Crippen LogP contribution in [-0.4, -0.2) is 20.7 Å². The van der Waals surface area contributed by atoms with Gasteiger partial charge in [0, 0.05) is 28.2 Å². The van der Waals surface area contributed by atoms with Crippen LogP contribution in [0.2, 0.25) is 5.02 Å². The van der Waals surface area contributed by atoms with E-state index in [9.17, 15) is 14.9 Å². The van der Waals surface area contributed by atoms with Gasteiger partial charge in [0.25, 0.3) is 11.5 Å². The van der Waals surface area contributed by atoms with Crippen LogP contribution in [0.1, 0.15) is 38.3 Å². The molecule has 0 atom stereocenters. The van der Waals surface area contributed by atoms with Crippen LogP contribution in [-0.2, 0) is 19.5 Å². The van der Waals surface area contributed by atoms with Crippen LogP contribution in [0.4, 0.5) is 0 Å². The Morgan fingerprint density at radius 3 is 2.76 bits per heavy atom. The molecule has 0 saturated carbocycles. The van der Waals surface area contributed by atoms with Crippen molar-refractivity contribution in [3.8, 4) is 6.07 Å². The monoisotopic (exact) mass is 507 g/mol. The van der Waals surface area contributed by atoms with Gasteiger partial charge in [-0.25, -0.2) is 0 Å². The van der Waals surface area contributed by atoms with Crippen molar-refractivity contribution in [1.82, 2.24) is 20.1 Å². The fourth-order valence-corrected chi connectivity index (χ4v) is 4.42. The molecular formula is C29H22ClN5O2. The topological polar surface area (TPSA) is 104 Å².